The van der Waals surface area contributed by atoms with E-state index in [0.717, 1.165) is 42.0 Å². The molecule has 2 fully saturated rings. The molecule has 12 heteroatoms. The number of anilines is 4. The number of hydrogen-bond donors (Lipinski definition) is 3. The normalized spacial score (nSPS) is 17.4. The maximum atomic E-state index is 12.9. The molecule has 11 nitrogen and oxygen atoms in total. The van der Waals surface area contributed by atoms with Gasteiger partial charge in [-0.1, -0.05) is 36.1 Å². The zero-order chi connectivity index (χ0) is 28.1. The number of thiazole rings is 1. The lowest BCUT2D eigenvalue weighted by molar-refractivity contribution is -0.125. The quantitative estimate of drug-likeness (QED) is 0.336. The lowest BCUT2D eigenvalue weighted by Gasteiger charge is -2.26. The molecule has 0 saturated carbocycles. The lowest BCUT2D eigenvalue weighted by Crippen LogP contribution is -2.36. The van der Waals surface area contributed by atoms with E-state index in [9.17, 15) is 9.59 Å². The maximum absolute atomic E-state index is 12.9. The number of carbonyl (C=O) groups excluding carboxylic acids is 2. The van der Waals surface area contributed by atoms with Crippen LogP contribution in [0.5, 0.6) is 0 Å². The van der Waals surface area contributed by atoms with Crippen LogP contribution in [0.1, 0.15) is 32.9 Å². The van der Waals surface area contributed by atoms with Crippen molar-refractivity contribution in [1.82, 2.24) is 24.8 Å². The van der Waals surface area contributed by atoms with E-state index < -0.39 is 0 Å². The molecule has 1 aromatic carbocycles. The van der Waals surface area contributed by atoms with E-state index in [4.69, 9.17) is 9.72 Å². The summed E-state index contributed by atoms with van der Waals surface area (Å²) in [5.74, 6) is 0.778. The number of hydrogen-bond acceptors (Lipinski definition) is 10. The Hall–Kier alpha value is -3.87. The van der Waals surface area contributed by atoms with Gasteiger partial charge in [0.25, 0.3) is 5.91 Å². The second-order valence-corrected chi connectivity index (χ2v) is 11.0. The van der Waals surface area contributed by atoms with Gasteiger partial charge >= 0.3 is 0 Å². The molecule has 40 heavy (non-hydrogen) atoms. The van der Waals surface area contributed by atoms with Crippen molar-refractivity contribution in [2.75, 3.05) is 55.3 Å². The minimum absolute atomic E-state index is 0.0375. The van der Waals surface area contributed by atoms with Gasteiger partial charge in [0, 0.05) is 50.5 Å². The number of para-hydroxylation sites is 1. The van der Waals surface area contributed by atoms with Crippen molar-refractivity contribution in [2.45, 2.75) is 32.9 Å². The van der Waals surface area contributed by atoms with E-state index in [1.165, 1.54) is 17.4 Å². The fraction of sp³-hybridized carbons (Fsp3) is 0.393. The van der Waals surface area contributed by atoms with E-state index in [2.05, 4.69) is 37.4 Å². The van der Waals surface area contributed by atoms with Crippen LogP contribution < -0.4 is 16.0 Å². The summed E-state index contributed by atoms with van der Waals surface area (Å²) in [6, 6.07) is 7.85. The number of aromatic nitrogens is 3. The average molecular weight is 563 g/mol. The fourth-order valence-corrected chi connectivity index (χ4v) is 5.54. The number of aryl methyl sites for hydroxylation is 2. The highest BCUT2D eigenvalue weighted by atomic mass is 32.1. The second-order valence-electron chi connectivity index (χ2n) is 9.95. The Morgan fingerprint density at radius 2 is 1.95 bits per heavy atom. The van der Waals surface area contributed by atoms with Crippen LogP contribution in [0.3, 0.4) is 0 Å². The molecular weight excluding hydrogens is 528 g/mol. The summed E-state index contributed by atoms with van der Waals surface area (Å²) < 4.78 is 5.49. The molecule has 210 valence electrons. The van der Waals surface area contributed by atoms with Crippen molar-refractivity contribution >= 4 is 45.7 Å². The van der Waals surface area contributed by atoms with Gasteiger partial charge in [-0.2, -0.15) is 4.98 Å². The molecule has 3 N–H and O–H groups in total. The van der Waals surface area contributed by atoms with Crippen molar-refractivity contribution in [2.24, 2.45) is 0 Å². The molecule has 2 amide bonds. The van der Waals surface area contributed by atoms with E-state index in [-0.39, 0.29) is 17.9 Å². The lowest BCUT2D eigenvalue weighted by atomic mass is 10.1. The minimum atomic E-state index is -0.208. The molecule has 2 aliphatic rings. The Bertz CT molecular complexity index is 1370. The Labute approximate surface area is 237 Å². The summed E-state index contributed by atoms with van der Waals surface area (Å²) in [6.07, 6.45) is 3.70. The number of benzene rings is 1. The summed E-state index contributed by atoms with van der Waals surface area (Å²) >= 11 is 1.26. The van der Waals surface area contributed by atoms with Gasteiger partial charge in [-0.25, -0.2) is 9.97 Å². The van der Waals surface area contributed by atoms with Gasteiger partial charge in [0.15, 0.2) is 5.13 Å². The predicted octanol–water partition coefficient (Wildman–Crippen LogP) is 3.58. The molecule has 0 aliphatic carbocycles. The average Bonchev–Trinajstić information content (AvgIpc) is 3.61. The van der Waals surface area contributed by atoms with Crippen LogP contribution in [0, 0.1) is 13.8 Å². The third-order valence-electron chi connectivity index (χ3n) is 6.96. The highest BCUT2D eigenvalue weighted by Gasteiger charge is 2.26. The predicted molar refractivity (Wildman–Crippen MR) is 156 cm³/mol. The Morgan fingerprint density at radius 1 is 1.18 bits per heavy atom. The third-order valence-corrected chi connectivity index (χ3v) is 7.87. The molecule has 1 atom stereocenters. The summed E-state index contributed by atoms with van der Waals surface area (Å²) in [7, 11) is 0. The van der Waals surface area contributed by atoms with Crippen molar-refractivity contribution in [3.63, 3.8) is 0 Å². The summed E-state index contributed by atoms with van der Waals surface area (Å²) in [4.78, 5) is 43.4. The van der Waals surface area contributed by atoms with Gasteiger partial charge in [-0.15, -0.1) is 0 Å². The largest absolute Gasteiger partial charge is 0.379 e. The monoisotopic (exact) mass is 562 g/mol. The summed E-state index contributed by atoms with van der Waals surface area (Å²) in [6.45, 7) is 12.5. The van der Waals surface area contributed by atoms with E-state index in [1.54, 1.807) is 11.1 Å². The van der Waals surface area contributed by atoms with Gasteiger partial charge in [-0.3, -0.25) is 14.5 Å². The number of nitrogens with one attached hydrogen (secondary N) is 3. The number of likely N-dealkylation sites (tertiary alicyclic amines) is 1. The molecule has 3 aromatic rings. The zero-order valence-corrected chi connectivity index (χ0v) is 23.6. The minimum Gasteiger partial charge on any atom is -0.379 e. The fourth-order valence-electron chi connectivity index (χ4n) is 4.82. The molecule has 4 heterocycles. The molecular formula is C28H34N8O3S. The van der Waals surface area contributed by atoms with Crippen LogP contribution in [-0.2, 0) is 16.1 Å². The summed E-state index contributed by atoms with van der Waals surface area (Å²) in [5, 5.41) is 10.2. The SMILES string of the molecule is C=CC(=O)N1CC[C@H](Nc2nc(CN3CCOCC3)cc(Nc3ncc(C(=O)Nc4c(C)cccc4C)s3)n2)C1. The smallest absolute Gasteiger partial charge is 0.267 e. The topological polar surface area (TPSA) is 125 Å². The highest BCUT2D eigenvalue weighted by molar-refractivity contribution is 7.17. The molecule has 0 unspecified atom stereocenters. The molecule has 0 bridgehead atoms. The first-order valence-corrected chi connectivity index (χ1v) is 14.2. The van der Waals surface area contributed by atoms with Crippen LogP contribution in [-0.4, -0.2) is 82.0 Å². The molecule has 2 aromatic heterocycles. The molecule has 0 spiro atoms. The summed E-state index contributed by atoms with van der Waals surface area (Å²) in [5.41, 5.74) is 3.67. The zero-order valence-electron chi connectivity index (χ0n) is 22.8. The van der Waals surface area contributed by atoms with E-state index in [0.29, 0.717) is 54.6 Å². The van der Waals surface area contributed by atoms with Crippen LogP contribution in [0.25, 0.3) is 0 Å². The second kappa shape index (κ2) is 12.5. The Kier molecular flexibility index (Phi) is 8.68. The number of rotatable bonds is 9. The Balaban J connectivity index is 1.31. The van der Waals surface area contributed by atoms with Crippen molar-refractivity contribution in [3.8, 4) is 0 Å². The highest BCUT2D eigenvalue weighted by Crippen LogP contribution is 2.26. The molecule has 5 rings (SSSR count). The van der Waals surface area contributed by atoms with Crippen molar-refractivity contribution in [3.05, 3.63) is 64.8 Å². The number of amides is 2. The number of nitrogens with zero attached hydrogens (tertiary/aromatic N) is 5. The van der Waals surface area contributed by atoms with Gasteiger partial charge in [-0.05, 0) is 37.5 Å². The van der Waals surface area contributed by atoms with Crippen LogP contribution in [0.4, 0.5) is 22.6 Å². The van der Waals surface area contributed by atoms with Gasteiger partial charge in [0.2, 0.25) is 11.9 Å². The Morgan fingerprint density at radius 3 is 2.70 bits per heavy atom. The molecule has 2 aliphatic heterocycles. The van der Waals surface area contributed by atoms with Crippen LogP contribution in [0.15, 0.2) is 43.1 Å². The molecule has 0 radical (unpaired) electrons. The molecule has 2 saturated heterocycles. The number of ether oxygens (including phenoxy) is 1. The van der Waals surface area contributed by atoms with E-state index >= 15 is 0 Å². The first kappa shape index (κ1) is 27.7. The first-order chi connectivity index (χ1) is 19.4. The van der Waals surface area contributed by atoms with Crippen LogP contribution >= 0.6 is 11.3 Å². The number of morpholine rings is 1. The first-order valence-electron chi connectivity index (χ1n) is 13.3. The maximum Gasteiger partial charge on any atom is 0.267 e. The van der Waals surface area contributed by atoms with Gasteiger partial charge in [0.05, 0.1) is 25.1 Å². The number of carbonyl (C=O) groups is 2. The van der Waals surface area contributed by atoms with Gasteiger partial charge in [0.1, 0.15) is 10.7 Å². The van der Waals surface area contributed by atoms with Crippen molar-refractivity contribution < 1.29 is 14.3 Å². The third kappa shape index (κ3) is 6.82. The van der Waals surface area contributed by atoms with Crippen LogP contribution in [0.2, 0.25) is 0 Å². The standard InChI is InChI=1S/C28H34N8O3S/c1-4-24(37)36-9-8-20(17-36)30-27-31-21(16-35-10-12-39-13-11-35)14-23(32-27)33-28-29-15-22(40-28)26(38)34-25-18(2)6-5-7-19(25)3/h4-7,14-15,20H,1,8-13,16-17H2,2-3H3,(H,34,38)(H2,29,30,31,32,33)/t20-/m0/s1. The van der Waals surface area contributed by atoms with E-state index in [1.807, 2.05) is 38.1 Å². The van der Waals surface area contributed by atoms with Crippen molar-refractivity contribution in [1.29, 1.82) is 0 Å². The van der Waals surface area contributed by atoms with Gasteiger partial charge < -0.3 is 25.6 Å².